The van der Waals surface area contributed by atoms with E-state index in [0.29, 0.717) is 47.8 Å². The topological polar surface area (TPSA) is 81.6 Å². The molecule has 1 aliphatic heterocycles. The van der Waals surface area contributed by atoms with Crippen molar-refractivity contribution in [2.24, 2.45) is 52.3 Å². The van der Waals surface area contributed by atoms with E-state index in [1.807, 2.05) is 0 Å². The zero-order valence-electron chi connectivity index (χ0n) is 26.3. The molecule has 5 fully saturated rings. The van der Waals surface area contributed by atoms with Crippen LogP contribution < -0.4 is 10.6 Å². The molecule has 1 amide bonds. The van der Waals surface area contributed by atoms with Crippen LogP contribution in [-0.2, 0) is 4.79 Å². The molecule has 0 bridgehead atoms. The van der Waals surface area contributed by atoms with Crippen molar-refractivity contribution in [2.75, 3.05) is 13.1 Å². The molecule has 230 valence electrons. The molecule has 1 heterocycles. The molecule has 0 spiro atoms. The number of aliphatic hydroxyl groups excluding tert-OH is 2. The zero-order chi connectivity index (χ0) is 28.5. The van der Waals surface area contributed by atoms with Crippen molar-refractivity contribution in [1.82, 2.24) is 10.6 Å². The standard InChI is InChI=1S/C35H62N2O3/c1-5-26-30-22-25(38)16-18-35(30,4)29-17-19-34(3)27(13-14-28(34)32(29)33(26)40)23(2)12-15-31(39)37-20-8-6-7-10-24-11-9-21-36-24/h23-30,32-33,36,38,40H,5-22H2,1-4H3,(H,37,39)/t23-,24?,25-,26-,27-,28+,29+,30+,32+,33-,34-,35-/m1/s1. The molecule has 0 aromatic carbocycles. The van der Waals surface area contributed by atoms with E-state index in [9.17, 15) is 15.0 Å². The highest BCUT2D eigenvalue weighted by Crippen LogP contribution is 2.69. The molecular formula is C35H62N2O3. The van der Waals surface area contributed by atoms with Crippen molar-refractivity contribution in [2.45, 2.75) is 149 Å². The first-order chi connectivity index (χ1) is 19.2. The quantitative estimate of drug-likeness (QED) is 0.220. The number of carbonyl (C=O) groups excluding carboxylic acids is 1. The lowest BCUT2D eigenvalue weighted by atomic mass is 9.41. The van der Waals surface area contributed by atoms with Crippen LogP contribution in [0.5, 0.6) is 0 Å². The maximum Gasteiger partial charge on any atom is 0.220 e. The van der Waals surface area contributed by atoms with Gasteiger partial charge in [0.2, 0.25) is 5.91 Å². The molecule has 5 nitrogen and oxygen atoms in total. The van der Waals surface area contributed by atoms with Gasteiger partial charge in [-0.25, -0.2) is 0 Å². The van der Waals surface area contributed by atoms with Crippen LogP contribution >= 0.6 is 0 Å². The van der Waals surface area contributed by atoms with Crippen LogP contribution in [0.15, 0.2) is 0 Å². The van der Waals surface area contributed by atoms with Crippen LogP contribution in [0.1, 0.15) is 130 Å². The first-order valence-electron chi connectivity index (χ1n) is 17.5. The fourth-order valence-electron chi connectivity index (χ4n) is 11.5. The number of carbonyl (C=O) groups is 1. The van der Waals surface area contributed by atoms with Gasteiger partial charge < -0.3 is 20.8 Å². The predicted octanol–water partition coefficient (Wildman–Crippen LogP) is 6.46. The summed E-state index contributed by atoms with van der Waals surface area (Å²) in [6.07, 6.45) is 17.7. The summed E-state index contributed by atoms with van der Waals surface area (Å²) in [5.74, 6) is 3.82. The van der Waals surface area contributed by atoms with Gasteiger partial charge in [-0.15, -0.1) is 0 Å². The molecule has 1 saturated heterocycles. The first kappa shape index (κ1) is 30.8. The van der Waals surface area contributed by atoms with Crippen molar-refractivity contribution in [3.8, 4) is 0 Å². The molecule has 4 N–H and O–H groups in total. The Bertz CT molecular complexity index is 844. The second-order valence-electron chi connectivity index (χ2n) is 15.6. The molecular weight excluding hydrogens is 496 g/mol. The third-order valence-electron chi connectivity index (χ3n) is 13.7. The van der Waals surface area contributed by atoms with Crippen LogP contribution in [0.25, 0.3) is 0 Å². The van der Waals surface area contributed by atoms with Gasteiger partial charge in [0.25, 0.3) is 0 Å². The Morgan fingerprint density at radius 1 is 0.975 bits per heavy atom. The molecule has 0 aromatic heterocycles. The highest BCUT2D eigenvalue weighted by atomic mass is 16.3. The number of aliphatic hydroxyl groups is 2. The number of rotatable bonds is 11. The normalized spacial score (nSPS) is 45.4. The first-order valence-corrected chi connectivity index (χ1v) is 17.5. The SMILES string of the molecule is CC[C@H]1[C@@H](O)[C@@H]2[C@H](CC[C@]3(C)[C@@H]([C@H](C)CCC(=O)NCCCCCC4CCCN4)CC[C@@H]23)[C@@]2(C)CC[C@@H](O)C[C@@H]12. The number of fused-ring (bicyclic) bond motifs is 5. The molecule has 5 rings (SSSR count). The number of unbranched alkanes of at least 4 members (excludes halogenated alkanes) is 2. The molecule has 5 heteroatoms. The van der Waals surface area contributed by atoms with Crippen molar-refractivity contribution >= 4 is 5.91 Å². The fourth-order valence-corrected chi connectivity index (χ4v) is 11.5. The highest BCUT2D eigenvalue weighted by Gasteiger charge is 2.64. The maximum atomic E-state index is 12.7. The Morgan fingerprint density at radius 3 is 2.50 bits per heavy atom. The Labute approximate surface area is 245 Å². The van der Waals surface area contributed by atoms with E-state index in [-0.39, 0.29) is 28.9 Å². The van der Waals surface area contributed by atoms with Gasteiger partial charge in [0.1, 0.15) is 0 Å². The minimum atomic E-state index is -0.225. The van der Waals surface area contributed by atoms with E-state index < -0.39 is 0 Å². The summed E-state index contributed by atoms with van der Waals surface area (Å²) in [6, 6.07) is 0.735. The van der Waals surface area contributed by atoms with Gasteiger partial charge in [-0.2, -0.15) is 0 Å². The predicted molar refractivity (Wildman–Crippen MR) is 163 cm³/mol. The second-order valence-corrected chi connectivity index (χ2v) is 15.6. The summed E-state index contributed by atoms with van der Waals surface area (Å²) >= 11 is 0. The van der Waals surface area contributed by atoms with Crippen LogP contribution in [0, 0.1) is 52.3 Å². The lowest BCUT2D eigenvalue weighted by molar-refractivity contribution is -0.203. The van der Waals surface area contributed by atoms with Crippen molar-refractivity contribution < 1.29 is 15.0 Å². The summed E-state index contributed by atoms with van der Waals surface area (Å²) in [6.45, 7) is 11.8. The van der Waals surface area contributed by atoms with Gasteiger partial charge in [0, 0.05) is 19.0 Å². The Balaban J connectivity index is 1.12. The van der Waals surface area contributed by atoms with Crippen molar-refractivity contribution in [3.05, 3.63) is 0 Å². The van der Waals surface area contributed by atoms with Gasteiger partial charge >= 0.3 is 0 Å². The highest BCUT2D eigenvalue weighted by molar-refractivity contribution is 5.75. The number of hydrogen-bond donors (Lipinski definition) is 4. The molecule has 4 aliphatic carbocycles. The number of hydrogen-bond acceptors (Lipinski definition) is 4. The lowest BCUT2D eigenvalue weighted by Gasteiger charge is -2.64. The van der Waals surface area contributed by atoms with Crippen LogP contribution in [0.3, 0.4) is 0 Å². The zero-order valence-corrected chi connectivity index (χ0v) is 26.3. The average molecular weight is 559 g/mol. The second kappa shape index (κ2) is 12.9. The van der Waals surface area contributed by atoms with Crippen LogP contribution in [0.2, 0.25) is 0 Å². The van der Waals surface area contributed by atoms with E-state index in [4.69, 9.17) is 0 Å². The monoisotopic (exact) mass is 558 g/mol. The molecule has 40 heavy (non-hydrogen) atoms. The molecule has 5 aliphatic rings. The van der Waals surface area contributed by atoms with Gasteiger partial charge in [-0.3, -0.25) is 4.79 Å². The van der Waals surface area contributed by atoms with E-state index in [1.165, 1.54) is 64.3 Å². The number of nitrogens with one attached hydrogen (secondary N) is 2. The average Bonchev–Trinajstić information content (AvgIpc) is 3.58. The maximum absolute atomic E-state index is 12.7. The van der Waals surface area contributed by atoms with Crippen LogP contribution in [0.4, 0.5) is 0 Å². The van der Waals surface area contributed by atoms with Gasteiger partial charge in [0.15, 0.2) is 0 Å². The van der Waals surface area contributed by atoms with Gasteiger partial charge in [-0.1, -0.05) is 47.0 Å². The number of amides is 1. The molecule has 0 aromatic rings. The molecule has 4 saturated carbocycles. The third-order valence-corrected chi connectivity index (χ3v) is 13.7. The van der Waals surface area contributed by atoms with Crippen molar-refractivity contribution in [3.63, 3.8) is 0 Å². The van der Waals surface area contributed by atoms with E-state index in [2.05, 4.69) is 38.3 Å². The van der Waals surface area contributed by atoms with E-state index in [1.54, 1.807) is 0 Å². The molecule has 12 atom stereocenters. The van der Waals surface area contributed by atoms with Gasteiger partial charge in [-0.05, 0) is 136 Å². The Morgan fingerprint density at radius 2 is 1.75 bits per heavy atom. The summed E-state index contributed by atoms with van der Waals surface area (Å²) < 4.78 is 0. The third kappa shape index (κ3) is 5.91. The van der Waals surface area contributed by atoms with E-state index >= 15 is 0 Å². The Kier molecular flexibility index (Phi) is 9.95. The minimum absolute atomic E-state index is 0.183. The van der Waals surface area contributed by atoms with Gasteiger partial charge in [0.05, 0.1) is 12.2 Å². The summed E-state index contributed by atoms with van der Waals surface area (Å²) in [5, 5.41) is 29.2. The molecule has 1 unspecified atom stereocenters. The smallest absolute Gasteiger partial charge is 0.220 e. The summed E-state index contributed by atoms with van der Waals surface area (Å²) in [7, 11) is 0. The fraction of sp³-hybridized carbons (Fsp3) is 0.971. The van der Waals surface area contributed by atoms with Crippen LogP contribution in [-0.4, -0.2) is 47.5 Å². The van der Waals surface area contributed by atoms with E-state index in [0.717, 1.165) is 51.1 Å². The van der Waals surface area contributed by atoms with Crippen molar-refractivity contribution in [1.29, 1.82) is 0 Å². The molecule has 0 radical (unpaired) electrons. The summed E-state index contributed by atoms with van der Waals surface area (Å²) in [5.41, 5.74) is 0.544. The lowest BCUT2D eigenvalue weighted by Crippen LogP contribution is -2.62. The minimum Gasteiger partial charge on any atom is -0.393 e. The Hall–Kier alpha value is -0.650. The summed E-state index contributed by atoms with van der Waals surface area (Å²) in [4.78, 5) is 12.7. The largest absolute Gasteiger partial charge is 0.393 e.